The lowest BCUT2D eigenvalue weighted by atomic mass is 9.92. The van der Waals surface area contributed by atoms with Crippen LogP contribution in [0.3, 0.4) is 0 Å². The maximum atomic E-state index is 13.1. The van der Waals surface area contributed by atoms with Gasteiger partial charge in [0, 0.05) is 19.0 Å². The Morgan fingerprint density at radius 3 is 2.50 bits per heavy atom. The third kappa shape index (κ3) is 4.24. The van der Waals surface area contributed by atoms with Crippen LogP contribution in [0.5, 0.6) is 5.75 Å². The number of hydrogen-bond donors (Lipinski definition) is 0. The second-order valence-corrected chi connectivity index (χ2v) is 8.63. The number of nitrogens with zero attached hydrogens (tertiary/aromatic N) is 3. The monoisotopic (exact) mass is 421 g/mol. The fraction of sp³-hybridized carbons (Fsp3) is 0.375. The zero-order valence-corrected chi connectivity index (χ0v) is 18.3. The lowest BCUT2D eigenvalue weighted by Crippen LogP contribution is -2.40. The van der Waals surface area contributed by atoms with Crippen LogP contribution in [0.2, 0.25) is 0 Å². The van der Waals surface area contributed by atoms with Crippen molar-refractivity contribution in [3.8, 4) is 16.3 Å². The van der Waals surface area contributed by atoms with Crippen LogP contribution in [-0.2, 0) is 4.79 Å². The van der Waals surface area contributed by atoms with E-state index in [4.69, 9.17) is 4.74 Å². The largest absolute Gasteiger partial charge is 0.496 e. The molecule has 6 heteroatoms. The van der Waals surface area contributed by atoms with E-state index < -0.39 is 0 Å². The van der Waals surface area contributed by atoms with E-state index in [9.17, 15) is 4.79 Å². The summed E-state index contributed by atoms with van der Waals surface area (Å²) < 4.78 is 5.46. The number of ether oxygens (including phenoxy) is 1. The molecule has 1 amide bonds. The minimum atomic E-state index is -0.0542. The molecule has 156 valence electrons. The lowest BCUT2D eigenvalue weighted by Gasteiger charge is -2.33. The minimum absolute atomic E-state index is 0.0542. The Balaban J connectivity index is 1.41. The van der Waals surface area contributed by atoms with Crippen LogP contribution in [-0.4, -0.2) is 41.2 Å². The van der Waals surface area contributed by atoms with Gasteiger partial charge in [-0.05, 0) is 37.0 Å². The first-order valence-corrected chi connectivity index (χ1v) is 11.3. The van der Waals surface area contributed by atoms with Crippen LogP contribution in [0.25, 0.3) is 10.6 Å². The number of benzene rings is 2. The molecule has 5 nitrogen and oxygen atoms in total. The van der Waals surface area contributed by atoms with Crippen LogP contribution in [0.4, 0.5) is 0 Å². The van der Waals surface area contributed by atoms with Gasteiger partial charge in [-0.25, -0.2) is 0 Å². The Morgan fingerprint density at radius 1 is 1.10 bits per heavy atom. The highest BCUT2D eigenvalue weighted by Crippen LogP contribution is 2.37. The number of carbonyl (C=O) groups excluding carboxylic acids is 1. The summed E-state index contributed by atoms with van der Waals surface area (Å²) in [5, 5.41) is 10.8. The van der Waals surface area contributed by atoms with Crippen molar-refractivity contribution in [3.63, 3.8) is 0 Å². The van der Waals surface area contributed by atoms with E-state index in [0.29, 0.717) is 5.92 Å². The van der Waals surface area contributed by atoms with Gasteiger partial charge in [0.15, 0.2) is 5.01 Å². The van der Waals surface area contributed by atoms with Crippen molar-refractivity contribution >= 4 is 17.2 Å². The Bertz CT molecular complexity index is 981. The zero-order chi connectivity index (χ0) is 20.9. The van der Waals surface area contributed by atoms with Gasteiger partial charge in [0.25, 0.3) is 0 Å². The smallest absolute Gasteiger partial charge is 0.230 e. The highest BCUT2D eigenvalue weighted by Gasteiger charge is 2.30. The van der Waals surface area contributed by atoms with Gasteiger partial charge in [-0.15, -0.1) is 10.2 Å². The number of methoxy groups -OCH3 is 1. The summed E-state index contributed by atoms with van der Waals surface area (Å²) in [5.74, 6) is 1.36. The third-order valence-electron chi connectivity index (χ3n) is 5.84. The second kappa shape index (κ2) is 9.39. The number of aromatic nitrogens is 2. The maximum absolute atomic E-state index is 13.1. The number of piperidine rings is 1. The average molecular weight is 422 g/mol. The Kier molecular flexibility index (Phi) is 6.43. The quantitative estimate of drug-likeness (QED) is 0.555. The Labute approximate surface area is 181 Å². The number of amides is 1. The molecule has 3 aromatic rings. The van der Waals surface area contributed by atoms with Gasteiger partial charge in [-0.1, -0.05) is 60.7 Å². The third-order valence-corrected chi connectivity index (χ3v) is 6.96. The fourth-order valence-electron chi connectivity index (χ4n) is 4.14. The van der Waals surface area contributed by atoms with Crippen molar-refractivity contribution in [2.45, 2.75) is 38.0 Å². The number of carbonyl (C=O) groups is 1. The highest BCUT2D eigenvalue weighted by atomic mass is 32.1. The standard InChI is InChI=1S/C24H27N3O2S/c1-3-19(17-9-5-4-6-10-17)24(28)27-15-13-18(14-16-27)22-25-26-23(30-22)20-11-7-8-12-21(20)29-2/h4-12,18-19H,3,13-16H2,1-2H3. The average Bonchev–Trinajstić information content (AvgIpc) is 3.30. The van der Waals surface area contributed by atoms with E-state index in [1.807, 2.05) is 47.4 Å². The van der Waals surface area contributed by atoms with Gasteiger partial charge in [0.05, 0.1) is 18.6 Å². The van der Waals surface area contributed by atoms with Gasteiger partial charge < -0.3 is 9.64 Å². The van der Waals surface area contributed by atoms with Crippen molar-refractivity contribution in [2.24, 2.45) is 0 Å². The lowest BCUT2D eigenvalue weighted by molar-refractivity contribution is -0.134. The molecule has 1 aliphatic rings. The van der Waals surface area contributed by atoms with Crippen molar-refractivity contribution in [2.75, 3.05) is 20.2 Å². The van der Waals surface area contributed by atoms with Crippen LogP contribution >= 0.6 is 11.3 Å². The molecule has 0 radical (unpaired) electrons. The molecule has 0 saturated carbocycles. The zero-order valence-electron chi connectivity index (χ0n) is 17.5. The summed E-state index contributed by atoms with van der Waals surface area (Å²) >= 11 is 1.63. The van der Waals surface area contributed by atoms with Gasteiger partial charge in [-0.3, -0.25) is 4.79 Å². The SMILES string of the molecule is CCC(C(=O)N1CCC(c2nnc(-c3ccccc3OC)s2)CC1)c1ccccc1. The topological polar surface area (TPSA) is 55.3 Å². The molecule has 0 spiro atoms. The molecule has 0 N–H and O–H groups in total. The summed E-state index contributed by atoms with van der Waals surface area (Å²) in [5.41, 5.74) is 2.09. The first-order chi connectivity index (χ1) is 14.7. The molecular weight excluding hydrogens is 394 g/mol. The molecule has 1 fully saturated rings. The summed E-state index contributed by atoms with van der Waals surface area (Å²) in [6, 6.07) is 18.0. The highest BCUT2D eigenvalue weighted by molar-refractivity contribution is 7.14. The van der Waals surface area contributed by atoms with E-state index in [0.717, 1.165) is 59.2 Å². The summed E-state index contributed by atoms with van der Waals surface area (Å²) in [6.45, 7) is 3.63. The summed E-state index contributed by atoms with van der Waals surface area (Å²) in [7, 11) is 1.67. The van der Waals surface area contributed by atoms with Gasteiger partial charge in [0.2, 0.25) is 5.91 Å². The first kappa shape index (κ1) is 20.5. The first-order valence-electron chi connectivity index (χ1n) is 10.5. The van der Waals surface area contributed by atoms with Crippen LogP contribution < -0.4 is 4.74 Å². The number of rotatable bonds is 6. The van der Waals surface area contributed by atoms with Crippen LogP contribution in [0.15, 0.2) is 54.6 Å². The Morgan fingerprint density at radius 2 is 1.80 bits per heavy atom. The molecule has 0 aliphatic carbocycles. The van der Waals surface area contributed by atoms with E-state index in [-0.39, 0.29) is 11.8 Å². The van der Waals surface area contributed by atoms with E-state index in [1.54, 1.807) is 18.4 Å². The molecular formula is C24H27N3O2S. The molecule has 2 aromatic carbocycles. The van der Waals surface area contributed by atoms with E-state index in [1.165, 1.54) is 0 Å². The molecule has 1 saturated heterocycles. The molecule has 1 aromatic heterocycles. The summed E-state index contributed by atoms with van der Waals surface area (Å²) in [6.07, 6.45) is 2.68. The second-order valence-electron chi connectivity index (χ2n) is 7.62. The van der Waals surface area contributed by atoms with E-state index >= 15 is 0 Å². The van der Waals surface area contributed by atoms with Crippen molar-refractivity contribution in [1.82, 2.24) is 15.1 Å². The maximum Gasteiger partial charge on any atom is 0.230 e. The molecule has 2 heterocycles. The number of para-hydroxylation sites is 1. The number of likely N-dealkylation sites (tertiary alicyclic amines) is 1. The van der Waals surface area contributed by atoms with E-state index in [2.05, 4.69) is 29.3 Å². The number of hydrogen-bond acceptors (Lipinski definition) is 5. The normalized spacial score (nSPS) is 15.7. The van der Waals surface area contributed by atoms with Crippen molar-refractivity contribution < 1.29 is 9.53 Å². The summed E-state index contributed by atoms with van der Waals surface area (Å²) in [4.78, 5) is 15.1. The Hall–Kier alpha value is -2.73. The van der Waals surface area contributed by atoms with Crippen molar-refractivity contribution in [3.05, 3.63) is 65.2 Å². The van der Waals surface area contributed by atoms with Gasteiger partial charge >= 0.3 is 0 Å². The molecule has 30 heavy (non-hydrogen) atoms. The molecule has 0 bridgehead atoms. The predicted molar refractivity (Wildman–Crippen MR) is 120 cm³/mol. The molecule has 4 rings (SSSR count). The predicted octanol–water partition coefficient (Wildman–Crippen LogP) is 5.11. The fourth-order valence-corrected chi connectivity index (χ4v) is 5.18. The van der Waals surface area contributed by atoms with Gasteiger partial charge in [-0.2, -0.15) is 0 Å². The molecule has 1 atom stereocenters. The van der Waals surface area contributed by atoms with Crippen LogP contribution in [0, 0.1) is 0 Å². The minimum Gasteiger partial charge on any atom is -0.496 e. The van der Waals surface area contributed by atoms with Gasteiger partial charge in [0.1, 0.15) is 10.8 Å². The van der Waals surface area contributed by atoms with Crippen LogP contribution in [0.1, 0.15) is 48.6 Å². The molecule has 1 aliphatic heterocycles. The molecule has 1 unspecified atom stereocenters. The van der Waals surface area contributed by atoms with Crippen molar-refractivity contribution in [1.29, 1.82) is 0 Å².